The van der Waals surface area contributed by atoms with E-state index in [1.54, 1.807) is 7.11 Å². The number of benzene rings is 1. The van der Waals surface area contributed by atoms with Crippen molar-refractivity contribution in [3.8, 4) is 5.75 Å². The molecule has 2 aliphatic rings. The number of aliphatic carboxylic acids is 1. The molecule has 2 fully saturated rings. The Balaban J connectivity index is 1.74. The van der Waals surface area contributed by atoms with Crippen LogP contribution in [0.15, 0.2) is 24.3 Å². The van der Waals surface area contributed by atoms with Gasteiger partial charge in [0.05, 0.1) is 18.8 Å². The summed E-state index contributed by atoms with van der Waals surface area (Å²) in [5.74, 6) is -0.304. The second kappa shape index (κ2) is 6.02. The van der Waals surface area contributed by atoms with E-state index in [1.807, 2.05) is 24.3 Å². The Morgan fingerprint density at radius 2 is 1.96 bits per heavy atom. The van der Waals surface area contributed by atoms with Crippen molar-refractivity contribution < 1.29 is 23.1 Å². The summed E-state index contributed by atoms with van der Waals surface area (Å²) < 4.78 is 30.0. The van der Waals surface area contributed by atoms with Crippen LogP contribution < -0.4 is 4.74 Å². The number of methoxy groups -OCH3 is 1. The molecule has 2 aliphatic heterocycles. The highest BCUT2D eigenvalue weighted by molar-refractivity contribution is 7.88. The Hall–Kier alpha value is -1.64. The molecular formula is C16H22N2O5S. The van der Waals surface area contributed by atoms with Crippen LogP contribution >= 0.6 is 0 Å². The zero-order chi connectivity index (χ0) is 17.5. The van der Waals surface area contributed by atoms with Crippen molar-refractivity contribution in [2.45, 2.75) is 6.54 Å². The van der Waals surface area contributed by atoms with Gasteiger partial charge in [-0.2, -0.15) is 0 Å². The quantitative estimate of drug-likeness (QED) is 0.827. The van der Waals surface area contributed by atoms with Gasteiger partial charge in [0.1, 0.15) is 5.75 Å². The van der Waals surface area contributed by atoms with Crippen LogP contribution in [-0.4, -0.2) is 68.2 Å². The fourth-order valence-corrected chi connectivity index (χ4v) is 4.70. The van der Waals surface area contributed by atoms with Crippen molar-refractivity contribution in [3.63, 3.8) is 0 Å². The molecule has 0 aromatic heterocycles. The first kappa shape index (κ1) is 17.2. The molecule has 0 unspecified atom stereocenters. The van der Waals surface area contributed by atoms with E-state index in [1.165, 1.54) is 4.31 Å². The molecule has 8 heteroatoms. The molecule has 2 saturated heterocycles. The summed E-state index contributed by atoms with van der Waals surface area (Å²) in [6.45, 7) is 1.94. The number of carboxylic acid groups (broad SMARTS) is 1. The minimum atomic E-state index is -3.36. The van der Waals surface area contributed by atoms with Gasteiger partial charge in [0.2, 0.25) is 10.0 Å². The summed E-state index contributed by atoms with van der Waals surface area (Å²) in [5, 5.41) is 9.75. The lowest BCUT2D eigenvalue weighted by Crippen LogP contribution is -2.41. The van der Waals surface area contributed by atoms with E-state index in [0.29, 0.717) is 19.6 Å². The highest BCUT2D eigenvalue weighted by Crippen LogP contribution is 2.44. The number of fused-ring (bicyclic) bond motifs is 1. The molecule has 0 bridgehead atoms. The minimum Gasteiger partial charge on any atom is -0.497 e. The van der Waals surface area contributed by atoms with Crippen molar-refractivity contribution in [2.24, 2.45) is 11.3 Å². The minimum absolute atomic E-state index is 0.0605. The van der Waals surface area contributed by atoms with Gasteiger partial charge in [-0.1, -0.05) is 12.1 Å². The predicted octanol–water partition coefficient (Wildman–Crippen LogP) is 0.473. The smallest absolute Gasteiger partial charge is 0.312 e. The van der Waals surface area contributed by atoms with Gasteiger partial charge >= 0.3 is 5.97 Å². The molecule has 0 amide bonds. The largest absolute Gasteiger partial charge is 0.497 e. The van der Waals surface area contributed by atoms with E-state index in [2.05, 4.69) is 4.90 Å². The molecule has 0 aliphatic carbocycles. The number of sulfonamides is 1. The second-order valence-electron chi connectivity index (χ2n) is 6.73. The number of likely N-dealkylation sites (tertiary alicyclic amines) is 1. The first-order valence-electron chi connectivity index (χ1n) is 7.78. The zero-order valence-electron chi connectivity index (χ0n) is 13.8. The molecule has 1 N–H and O–H groups in total. The molecule has 2 heterocycles. The van der Waals surface area contributed by atoms with Gasteiger partial charge < -0.3 is 9.84 Å². The summed E-state index contributed by atoms with van der Waals surface area (Å²) in [6, 6.07) is 7.68. The summed E-state index contributed by atoms with van der Waals surface area (Å²) in [6.07, 6.45) is 1.14. The fraction of sp³-hybridized carbons (Fsp3) is 0.562. The summed E-state index contributed by atoms with van der Waals surface area (Å²) in [5.41, 5.74) is 0.0755. The van der Waals surface area contributed by atoms with E-state index >= 15 is 0 Å². The summed E-state index contributed by atoms with van der Waals surface area (Å²) >= 11 is 0. The van der Waals surface area contributed by atoms with Gasteiger partial charge in [0.15, 0.2) is 0 Å². The lowest BCUT2D eigenvalue weighted by atomic mass is 9.81. The molecule has 0 radical (unpaired) electrons. The van der Waals surface area contributed by atoms with Crippen molar-refractivity contribution in [1.82, 2.24) is 9.21 Å². The topological polar surface area (TPSA) is 87.2 Å². The maximum atomic E-state index is 11.9. The monoisotopic (exact) mass is 354 g/mol. The third kappa shape index (κ3) is 3.01. The van der Waals surface area contributed by atoms with Crippen LogP contribution in [0.4, 0.5) is 0 Å². The number of rotatable bonds is 5. The summed E-state index contributed by atoms with van der Waals surface area (Å²) in [7, 11) is -1.75. The molecule has 1 aromatic rings. The molecule has 0 saturated carbocycles. The molecule has 7 nitrogen and oxygen atoms in total. The van der Waals surface area contributed by atoms with Crippen LogP contribution in [0.5, 0.6) is 5.75 Å². The third-order valence-electron chi connectivity index (χ3n) is 5.11. The van der Waals surface area contributed by atoms with Gasteiger partial charge in [-0.25, -0.2) is 12.7 Å². The molecule has 24 heavy (non-hydrogen) atoms. The van der Waals surface area contributed by atoms with Crippen LogP contribution in [0.25, 0.3) is 0 Å². The van der Waals surface area contributed by atoms with Gasteiger partial charge in [-0.15, -0.1) is 0 Å². The number of carboxylic acids is 1. The number of hydrogen-bond donors (Lipinski definition) is 1. The molecule has 2 atom stereocenters. The molecule has 0 spiro atoms. The molecule has 1 aromatic carbocycles. The van der Waals surface area contributed by atoms with Gasteiger partial charge in [0, 0.05) is 38.6 Å². The average Bonchev–Trinajstić information content (AvgIpc) is 3.02. The Morgan fingerprint density at radius 1 is 1.29 bits per heavy atom. The first-order valence-corrected chi connectivity index (χ1v) is 9.63. The van der Waals surface area contributed by atoms with Crippen LogP contribution in [0.3, 0.4) is 0 Å². The first-order chi connectivity index (χ1) is 11.2. The van der Waals surface area contributed by atoms with Gasteiger partial charge in [-0.3, -0.25) is 9.69 Å². The fourth-order valence-electron chi connectivity index (χ4n) is 3.79. The van der Waals surface area contributed by atoms with E-state index < -0.39 is 21.4 Å². The lowest BCUT2D eigenvalue weighted by molar-refractivity contribution is -0.148. The summed E-state index contributed by atoms with van der Waals surface area (Å²) in [4.78, 5) is 14.0. The average molecular weight is 354 g/mol. The van der Waals surface area contributed by atoms with Crippen LogP contribution in [0.2, 0.25) is 0 Å². The lowest BCUT2D eigenvalue weighted by Gasteiger charge is -2.24. The number of carbonyl (C=O) groups is 1. The van der Waals surface area contributed by atoms with Gasteiger partial charge in [-0.05, 0) is 17.7 Å². The van der Waals surface area contributed by atoms with Crippen LogP contribution in [-0.2, 0) is 21.4 Å². The van der Waals surface area contributed by atoms with Crippen LogP contribution in [0, 0.1) is 11.3 Å². The Bertz CT molecular complexity index is 733. The Morgan fingerprint density at radius 3 is 2.46 bits per heavy atom. The van der Waals surface area contributed by atoms with E-state index in [0.717, 1.165) is 17.6 Å². The van der Waals surface area contributed by atoms with Crippen molar-refractivity contribution >= 4 is 16.0 Å². The number of hydrogen-bond acceptors (Lipinski definition) is 5. The van der Waals surface area contributed by atoms with Gasteiger partial charge in [0.25, 0.3) is 0 Å². The number of nitrogens with zero attached hydrogens (tertiary/aromatic N) is 2. The second-order valence-corrected chi connectivity index (χ2v) is 8.71. The van der Waals surface area contributed by atoms with Crippen molar-refractivity contribution in [2.75, 3.05) is 39.5 Å². The molecule has 3 rings (SSSR count). The number of ether oxygens (including phenoxy) is 1. The third-order valence-corrected chi connectivity index (χ3v) is 6.32. The maximum absolute atomic E-state index is 11.9. The zero-order valence-corrected chi connectivity index (χ0v) is 14.6. The maximum Gasteiger partial charge on any atom is 0.312 e. The Kier molecular flexibility index (Phi) is 4.31. The molecular weight excluding hydrogens is 332 g/mol. The standard InChI is InChI=1S/C16H22N2O5S/c1-23-14-5-3-12(4-6-14)7-17-8-13-9-18(24(2,21)22)11-16(13,10-17)15(19)20/h3-6,13H,7-11H2,1-2H3,(H,19,20)/t13-,16-/m0/s1. The normalized spacial score (nSPS) is 28.0. The highest BCUT2D eigenvalue weighted by atomic mass is 32.2. The van der Waals surface area contributed by atoms with E-state index in [4.69, 9.17) is 4.74 Å². The van der Waals surface area contributed by atoms with Crippen molar-refractivity contribution in [3.05, 3.63) is 29.8 Å². The van der Waals surface area contributed by atoms with Crippen LogP contribution in [0.1, 0.15) is 5.56 Å². The Labute approximate surface area is 141 Å². The SMILES string of the molecule is COc1ccc(CN2C[C@H]3CN(S(C)(=O)=O)C[C@@]3(C(=O)O)C2)cc1. The van der Waals surface area contributed by atoms with E-state index in [-0.39, 0.29) is 19.0 Å². The van der Waals surface area contributed by atoms with Crippen molar-refractivity contribution in [1.29, 1.82) is 0 Å². The predicted molar refractivity (Wildman–Crippen MR) is 88.2 cm³/mol. The highest BCUT2D eigenvalue weighted by Gasteiger charge is 2.58. The molecule has 132 valence electrons. The van der Waals surface area contributed by atoms with E-state index in [9.17, 15) is 18.3 Å².